The maximum atomic E-state index is 13.6. The molecule has 112 valence electrons. The minimum Gasteiger partial charge on any atom is -0.271 e. The molecule has 21 heavy (non-hydrogen) atoms. The van der Waals surface area contributed by atoms with Crippen LogP contribution in [0.2, 0.25) is 0 Å². The molecule has 1 atom stereocenters. The zero-order valence-electron chi connectivity index (χ0n) is 12.5. The van der Waals surface area contributed by atoms with Gasteiger partial charge in [-0.25, -0.2) is 4.39 Å². The summed E-state index contributed by atoms with van der Waals surface area (Å²) in [5, 5.41) is 0. The Bertz CT molecular complexity index is 632. The van der Waals surface area contributed by atoms with Gasteiger partial charge in [-0.2, -0.15) is 0 Å². The molecule has 0 aliphatic rings. The predicted molar refractivity (Wildman–Crippen MR) is 88.5 cm³/mol. The number of benzene rings is 2. The first-order valence-corrected chi connectivity index (χ1v) is 7.70. The van der Waals surface area contributed by atoms with Crippen molar-refractivity contribution in [2.45, 2.75) is 33.2 Å². The summed E-state index contributed by atoms with van der Waals surface area (Å²) in [6.07, 6.45) is 0.625. The van der Waals surface area contributed by atoms with E-state index in [-0.39, 0.29) is 11.9 Å². The molecule has 2 nitrogen and oxygen atoms in total. The van der Waals surface area contributed by atoms with Crippen LogP contribution in [0.15, 0.2) is 34.8 Å². The molecule has 0 spiro atoms. The van der Waals surface area contributed by atoms with Gasteiger partial charge >= 0.3 is 0 Å². The molecule has 0 saturated heterocycles. The first-order chi connectivity index (χ1) is 9.93. The molecule has 0 fully saturated rings. The van der Waals surface area contributed by atoms with Gasteiger partial charge in [0.15, 0.2) is 0 Å². The fraction of sp³-hybridized carbons (Fsp3) is 0.294. The van der Waals surface area contributed by atoms with E-state index in [4.69, 9.17) is 5.84 Å². The fourth-order valence-corrected chi connectivity index (χ4v) is 3.34. The van der Waals surface area contributed by atoms with Crippen molar-refractivity contribution in [1.29, 1.82) is 0 Å². The van der Waals surface area contributed by atoms with E-state index in [9.17, 15) is 4.39 Å². The number of rotatable bonds is 4. The third-order valence-electron chi connectivity index (χ3n) is 3.74. The van der Waals surface area contributed by atoms with Crippen LogP contribution >= 0.6 is 15.9 Å². The number of nitrogens with one attached hydrogen (secondary N) is 1. The second-order valence-corrected chi connectivity index (χ2v) is 6.24. The number of aryl methyl sites for hydroxylation is 3. The second kappa shape index (κ2) is 6.69. The number of halogens is 2. The van der Waals surface area contributed by atoms with E-state index < -0.39 is 0 Å². The minimum atomic E-state index is -0.249. The van der Waals surface area contributed by atoms with E-state index in [1.54, 1.807) is 6.07 Å². The van der Waals surface area contributed by atoms with Crippen LogP contribution in [-0.2, 0) is 6.42 Å². The summed E-state index contributed by atoms with van der Waals surface area (Å²) in [6, 6.07) is 9.32. The Labute approximate surface area is 133 Å². The summed E-state index contributed by atoms with van der Waals surface area (Å²) in [6.45, 7) is 6.25. The molecule has 3 N–H and O–H groups in total. The van der Waals surface area contributed by atoms with Gasteiger partial charge in [0.25, 0.3) is 0 Å². The number of nitrogens with two attached hydrogens (primary N) is 1. The van der Waals surface area contributed by atoms with Gasteiger partial charge in [0.2, 0.25) is 0 Å². The highest BCUT2D eigenvalue weighted by Gasteiger charge is 2.18. The van der Waals surface area contributed by atoms with E-state index in [2.05, 4.69) is 54.3 Å². The number of hydrazine groups is 1. The first kappa shape index (κ1) is 16.1. The average molecular weight is 351 g/mol. The molecule has 2 aromatic rings. The van der Waals surface area contributed by atoms with Gasteiger partial charge < -0.3 is 0 Å². The summed E-state index contributed by atoms with van der Waals surface area (Å²) in [5.41, 5.74) is 8.58. The highest BCUT2D eigenvalue weighted by molar-refractivity contribution is 9.10. The van der Waals surface area contributed by atoms with E-state index in [1.807, 2.05) is 6.07 Å². The fourth-order valence-electron chi connectivity index (χ4n) is 2.91. The van der Waals surface area contributed by atoms with Gasteiger partial charge in [0.05, 0.1) is 10.5 Å². The monoisotopic (exact) mass is 350 g/mol. The molecule has 0 radical (unpaired) electrons. The smallest absolute Gasteiger partial charge is 0.137 e. The van der Waals surface area contributed by atoms with Crippen molar-refractivity contribution < 1.29 is 4.39 Å². The molecular formula is C17H20BrFN2. The normalized spacial score (nSPS) is 12.5. The van der Waals surface area contributed by atoms with Gasteiger partial charge in [-0.1, -0.05) is 29.8 Å². The Balaban J connectivity index is 2.39. The second-order valence-electron chi connectivity index (χ2n) is 5.45. The van der Waals surface area contributed by atoms with E-state index in [1.165, 1.54) is 28.3 Å². The largest absolute Gasteiger partial charge is 0.271 e. The highest BCUT2D eigenvalue weighted by Crippen LogP contribution is 2.29. The summed E-state index contributed by atoms with van der Waals surface area (Å²) < 4.78 is 14.2. The van der Waals surface area contributed by atoms with Gasteiger partial charge in [-0.05, 0) is 71.4 Å². The quantitative estimate of drug-likeness (QED) is 0.638. The molecule has 0 aliphatic heterocycles. The Kier molecular flexibility index (Phi) is 5.14. The van der Waals surface area contributed by atoms with E-state index in [0.29, 0.717) is 10.9 Å². The minimum absolute atomic E-state index is 0.0521. The molecule has 0 aromatic heterocycles. The summed E-state index contributed by atoms with van der Waals surface area (Å²) in [4.78, 5) is 0. The van der Waals surface area contributed by atoms with Crippen molar-refractivity contribution in [2.24, 2.45) is 5.84 Å². The van der Waals surface area contributed by atoms with Crippen molar-refractivity contribution in [3.8, 4) is 0 Å². The van der Waals surface area contributed by atoms with Crippen molar-refractivity contribution in [3.63, 3.8) is 0 Å². The highest BCUT2D eigenvalue weighted by atomic mass is 79.9. The standard InChI is InChI=1S/C17H20BrFN2/c1-10-7-11(2)16(12(3)8-10)15(21-20)9-13-5-4-6-14(19)17(13)18/h4-8,15,21H,9,20H2,1-3H3. The Hall–Kier alpha value is -1.23. The van der Waals surface area contributed by atoms with Crippen LogP contribution in [0, 0.1) is 26.6 Å². The summed E-state index contributed by atoms with van der Waals surface area (Å²) in [5.74, 6) is 5.51. The molecule has 0 heterocycles. The molecule has 0 aliphatic carbocycles. The topological polar surface area (TPSA) is 38.0 Å². The predicted octanol–water partition coefficient (Wildman–Crippen LogP) is 4.26. The molecule has 0 amide bonds. The van der Waals surface area contributed by atoms with Crippen LogP contribution in [0.3, 0.4) is 0 Å². The Morgan fingerprint density at radius 2 is 1.81 bits per heavy atom. The lowest BCUT2D eigenvalue weighted by molar-refractivity contribution is 0.541. The van der Waals surface area contributed by atoms with Gasteiger partial charge in [0.1, 0.15) is 5.82 Å². The zero-order chi connectivity index (χ0) is 15.6. The molecule has 0 saturated carbocycles. The van der Waals surface area contributed by atoms with E-state index in [0.717, 1.165) is 5.56 Å². The van der Waals surface area contributed by atoms with Crippen LogP contribution in [0.5, 0.6) is 0 Å². The van der Waals surface area contributed by atoms with Crippen LogP contribution in [0.25, 0.3) is 0 Å². The van der Waals surface area contributed by atoms with Crippen LogP contribution in [0.1, 0.15) is 33.9 Å². The maximum absolute atomic E-state index is 13.6. The maximum Gasteiger partial charge on any atom is 0.137 e. The first-order valence-electron chi connectivity index (χ1n) is 6.90. The number of hydrogen-bond donors (Lipinski definition) is 2. The van der Waals surface area contributed by atoms with Gasteiger partial charge in [-0.15, -0.1) is 0 Å². The van der Waals surface area contributed by atoms with Gasteiger partial charge in [-0.3, -0.25) is 11.3 Å². The van der Waals surface area contributed by atoms with Crippen molar-refractivity contribution in [3.05, 3.63) is 68.4 Å². The lowest BCUT2D eigenvalue weighted by Gasteiger charge is -2.22. The molecular weight excluding hydrogens is 331 g/mol. The Morgan fingerprint density at radius 3 is 2.38 bits per heavy atom. The van der Waals surface area contributed by atoms with Crippen LogP contribution in [0.4, 0.5) is 4.39 Å². The zero-order valence-corrected chi connectivity index (χ0v) is 14.1. The third-order valence-corrected chi connectivity index (χ3v) is 4.63. The Morgan fingerprint density at radius 1 is 1.19 bits per heavy atom. The lowest BCUT2D eigenvalue weighted by atomic mass is 9.91. The lowest BCUT2D eigenvalue weighted by Crippen LogP contribution is -2.31. The summed E-state index contributed by atoms with van der Waals surface area (Å²) in [7, 11) is 0. The molecule has 0 bridgehead atoms. The third kappa shape index (κ3) is 3.51. The average Bonchev–Trinajstić information content (AvgIpc) is 2.41. The van der Waals surface area contributed by atoms with E-state index >= 15 is 0 Å². The van der Waals surface area contributed by atoms with Crippen molar-refractivity contribution >= 4 is 15.9 Å². The van der Waals surface area contributed by atoms with Crippen molar-refractivity contribution in [2.75, 3.05) is 0 Å². The number of hydrogen-bond acceptors (Lipinski definition) is 2. The van der Waals surface area contributed by atoms with Crippen molar-refractivity contribution in [1.82, 2.24) is 5.43 Å². The molecule has 2 aromatic carbocycles. The summed E-state index contributed by atoms with van der Waals surface area (Å²) >= 11 is 3.32. The SMILES string of the molecule is Cc1cc(C)c(C(Cc2cccc(F)c2Br)NN)c(C)c1. The van der Waals surface area contributed by atoms with Crippen LogP contribution < -0.4 is 11.3 Å². The molecule has 1 unspecified atom stereocenters. The van der Waals surface area contributed by atoms with Gasteiger partial charge in [0, 0.05) is 0 Å². The molecule has 2 rings (SSSR count). The molecule has 4 heteroatoms. The van der Waals surface area contributed by atoms with Crippen LogP contribution in [-0.4, -0.2) is 0 Å².